The minimum Gasteiger partial charge on any atom is -0.493 e. The van der Waals surface area contributed by atoms with Crippen molar-refractivity contribution in [3.8, 4) is 5.75 Å². The van der Waals surface area contributed by atoms with Crippen LogP contribution in [0.1, 0.15) is 18.4 Å². The van der Waals surface area contributed by atoms with Gasteiger partial charge in [-0.2, -0.15) is 11.3 Å². The van der Waals surface area contributed by atoms with Crippen LogP contribution in [0.3, 0.4) is 0 Å². The van der Waals surface area contributed by atoms with E-state index < -0.39 is 0 Å². The molecule has 1 fully saturated rings. The lowest BCUT2D eigenvalue weighted by Crippen LogP contribution is -2.44. The molecule has 6 nitrogen and oxygen atoms in total. The highest BCUT2D eigenvalue weighted by molar-refractivity contribution is 7.07. The largest absolute Gasteiger partial charge is 0.493 e. The van der Waals surface area contributed by atoms with E-state index in [4.69, 9.17) is 9.47 Å². The molecular weight excluding hydrogens is 376 g/mol. The predicted molar refractivity (Wildman–Crippen MR) is 108 cm³/mol. The fourth-order valence-electron chi connectivity index (χ4n) is 3.55. The minimum atomic E-state index is -0.274. The molecule has 150 valence electrons. The minimum absolute atomic E-state index is 0.00900. The first-order valence-corrected chi connectivity index (χ1v) is 10.3. The second kappa shape index (κ2) is 10.2. The van der Waals surface area contributed by atoms with Crippen molar-refractivity contribution in [1.29, 1.82) is 0 Å². The van der Waals surface area contributed by atoms with Crippen molar-refractivity contribution in [3.05, 3.63) is 52.7 Å². The number of hydrogen-bond donors (Lipinski definition) is 2. The third-order valence-electron chi connectivity index (χ3n) is 4.89. The molecule has 0 saturated heterocycles. The second-order valence-corrected chi connectivity index (χ2v) is 7.80. The Morgan fingerprint density at radius 3 is 2.71 bits per heavy atom. The summed E-state index contributed by atoms with van der Waals surface area (Å²) in [5.41, 5.74) is 1.08. The van der Waals surface area contributed by atoms with Crippen molar-refractivity contribution in [2.75, 3.05) is 20.3 Å². The molecule has 0 aliphatic heterocycles. The Hall–Kier alpha value is -2.38. The van der Waals surface area contributed by atoms with E-state index in [0.29, 0.717) is 26.0 Å². The Labute approximate surface area is 169 Å². The zero-order valence-corrected chi connectivity index (χ0v) is 16.7. The fourth-order valence-corrected chi connectivity index (χ4v) is 4.22. The van der Waals surface area contributed by atoms with Crippen LogP contribution in [0.5, 0.6) is 5.75 Å². The van der Waals surface area contributed by atoms with E-state index >= 15 is 0 Å². The molecule has 2 N–H and O–H groups in total. The van der Waals surface area contributed by atoms with Crippen LogP contribution in [0.15, 0.2) is 47.2 Å². The molecule has 3 rings (SSSR count). The second-order valence-electron chi connectivity index (χ2n) is 7.02. The van der Waals surface area contributed by atoms with Crippen molar-refractivity contribution in [2.45, 2.75) is 25.4 Å². The number of methoxy groups -OCH3 is 1. The van der Waals surface area contributed by atoms with Gasteiger partial charge in [-0.3, -0.25) is 9.59 Å². The van der Waals surface area contributed by atoms with E-state index in [1.807, 2.05) is 47.2 Å². The molecule has 1 aliphatic rings. The van der Waals surface area contributed by atoms with Gasteiger partial charge < -0.3 is 20.1 Å². The first kappa shape index (κ1) is 20.4. The standard InChI is InChI=1S/C21H26N2O4S/c1-26-13-20(24)23-19-10-16(12-27-17-5-3-2-4-6-17)9-18(19)21(25)22-11-15-7-8-28-14-15/h2-8,14,16,18-19H,9-13H2,1H3,(H,22,25)(H,23,24)/t16-,18-,19-/m1/s1. The maximum absolute atomic E-state index is 12.8. The SMILES string of the molecule is COCC(=O)N[C@@H]1C[C@H](COc2ccccc2)C[C@H]1C(=O)NCc1ccsc1. The van der Waals surface area contributed by atoms with Crippen LogP contribution >= 0.6 is 11.3 Å². The molecule has 28 heavy (non-hydrogen) atoms. The first-order valence-electron chi connectivity index (χ1n) is 9.40. The third kappa shape index (κ3) is 5.81. The summed E-state index contributed by atoms with van der Waals surface area (Å²) in [6, 6.07) is 11.4. The van der Waals surface area contributed by atoms with Crippen LogP contribution in [0.25, 0.3) is 0 Å². The monoisotopic (exact) mass is 402 g/mol. The molecule has 0 spiro atoms. The zero-order chi connectivity index (χ0) is 19.8. The van der Waals surface area contributed by atoms with Gasteiger partial charge in [0.1, 0.15) is 12.4 Å². The molecule has 2 aromatic rings. The number of rotatable bonds is 9. The van der Waals surface area contributed by atoms with Gasteiger partial charge in [-0.05, 0) is 53.3 Å². The van der Waals surface area contributed by atoms with Gasteiger partial charge in [-0.1, -0.05) is 18.2 Å². The average Bonchev–Trinajstić information content (AvgIpc) is 3.35. The van der Waals surface area contributed by atoms with E-state index in [0.717, 1.165) is 11.3 Å². The molecule has 1 heterocycles. The topological polar surface area (TPSA) is 76.7 Å². The lowest BCUT2D eigenvalue weighted by molar-refractivity contribution is -0.128. The highest BCUT2D eigenvalue weighted by Gasteiger charge is 2.39. The lowest BCUT2D eigenvalue weighted by atomic mass is 10.0. The highest BCUT2D eigenvalue weighted by Crippen LogP contribution is 2.32. The van der Waals surface area contributed by atoms with Crippen LogP contribution in [0, 0.1) is 11.8 Å². The number of ether oxygens (including phenoxy) is 2. The number of carbonyl (C=O) groups excluding carboxylic acids is 2. The summed E-state index contributed by atoms with van der Waals surface area (Å²) in [6.45, 7) is 1.02. The van der Waals surface area contributed by atoms with Gasteiger partial charge in [0.15, 0.2) is 0 Å². The smallest absolute Gasteiger partial charge is 0.246 e. The van der Waals surface area contributed by atoms with E-state index in [9.17, 15) is 9.59 Å². The highest BCUT2D eigenvalue weighted by atomic mass is 32.1. The Balaban J connectivity index is 1.58. The fraction of sp³-hybridized carbons (Fsp3) is 0.429. The maximum Gasteiger partial charge on any atom is 0.246 e. The molecular formula is C21H26N2O4S. The Kier molecular flexibility index (Phi) is 7.45. The molecule has 0 bridgehead atoms. The molecule has 7 heteroatoms. The molecule has 1 aliphatic carbocycles. The maximum atomic E-state index is 12.8. The molecule has 0 unspecified atom stereocenters. The van der Waals surface area contributed by atoms with Crippen molar-refractivity contribution in [2.24, 2.45) is 11.8 Å². The summed E-state index contributed by atoms with van der Waals surface area (Å²) in [6.07, 6.45) is 1.39. The summed E-state index contributed by atoms with van der Waals surface area (Å²) in [7, 11) is 1.48. The molecule has 1 aromatic carbocycles. The number of nitrogens with one attached hydrogen (secondary N) is 2. The normalized spacial score (nSPS) is 21.2. The average molecular weight is 403 g/mol. The molecule has 3 atom stereocenters. The zero-order valence-electron chi connectivity index (χ0n) is 15.9. The van der Waals surface area contributed by atoms with Crippen molar-refractivity contribution >= 4 is 23.2 Å². The number of amides is 2. The Bertz CT molecular complexity index is 751. The van der Waals surface area contributed by atoms with Crippen LogP contribution < -0.4 is 15.4 Å². The summed E-state index contributed by atoms with van der Waals surface area (Å²) in [5, 5.41) is 9.96. The van der Waals surface area contributed by atoms with Crippen LogP contribution in [-0.2, 0) is 20.9 Å². The van der Waals surface area contributed by atoms with Crippen molar-refractivity contribution in [3.63, 3.8) is 0 Å². The molecule has 1 aromatic heterocycles. The number of benzene rings is 1. The van der Waals surface area contributed by atoms with Gasteiger partial charge in [0, 0.05) is 19.7 Å². The Morgan fingerprint density at radius 1 is 1.18 bits per heavy atom. The molecule has 2 amide bonds. The quantitative estimate of drug-likeness (QED) is 0.676. The Morgan fingerprint density at radius 2 is 2.00 bits per heavy atom. The van der Waals surface area contributed by atoms with Gasteiger partial charge in [-0.15, -0.1) is 0 Å². The first-order chi connectivity index (χ1) is 13.7. The molecule has 1 saturated carbocycles. The van der Waals surface area contributed by atoms with Crippen LogP contribution in [0.2, 0.25) is 0 Å². The lowest BCUT2D eigenvalue weighted by Gasteiger charge is -2.20. The van der Waals surface area contributed by atoms with Crippen molar-refractivity contribution in [1.82, 2.24) is 10.6 Å². The van der Waals surface area contributed by atoms with E-state index in [1.54, 1.807) is 11.3 Å². The van der Waals surface area contributed by atoms with Crippen molar-refractivity contribution < 1.29 is 19.1 Å². The number of hydrogen-bond acceptors (Lipinski definition) is 5. The van der Waals surface area contributed by atoms with E-state index in [2.05, 4.69) is 10.6 Å². The number of thiophene rings is 1. The third-order valence-corrected chi connectivity index (χ3v) is 5.63. The van der Waals surface area contributed by atoms with Gasteiger partial charge in [0.05, 0.1) is 12.5 Å². The van der Waals surface area contributed by atoms with E-state index in [-0.39, 0.29) is 36.3 Å². The predicted octanol–water partition coefficient (Wildman–Crippen LogP) is 2.60. The number of carbonyl (C=O) groups is 2. The molecule has 0 radical (unpaired) electrons. The van der Waals surface area contributed by atoms with Gasteiger partial charge in [-0.25, -0.2) is 0 Å². The summed E-state index contributed by atoms with van der Waals surface area (Å²) < 4.78 is 10.8. The van der Waals surface area contributed by atoms with Gasteiger partial charge >= 0.3 is 0 Å². The van der Waals surface area contributed by atoms with Gasteiger partial charge in [0.2, 0.25) is 11.8 Å². The van der Waals surface area contributed by atoms with Gasteiger partial charge in [0.25, 0.3) is 0 Å². The summed E-state index contributed by atoms with van der Waals surface area (Å²) in [4.78, 5) is 24.8. The van der Waals surface area contributed by atoms with E-state index in [1.165, 1.54) is 7.11 Å². The summed E-state index contributed by atoms with van der Waals surface area (Å²) >= 11 is 1.60. The number of para-hydroxylation sites is 1. The summed E-state index contributed by atoms with van der Waals surface area (Å²) in [5.74, 6) is 0.505. The van der Waals surface area contributed by atoms with Crippen LogP contribution in [0.4, 0.5) is 0 Å². The van der Waals surface area contributed by atoms with Crippen LogP contribution in [-0.4, -0.2) is 38.2 Å².